The van der Waals surface area contributed by atoms with E-state index in [1.165, 1.54) is 302 Å². The average molecular weight is 961 g/mol. The molecule has 0 bridgehead atoms. The molecule has 5 nitrogen and oxygen atoms in total. The van der Waals surface area contributed by atoms with Crippen molar-refractivity contribution in [1.29, 1.82) is 0 Å². The molecule has 0 saturated heterocycles. The van der Waals surface area contributed by atoms with Gasteiger partial charge in [-0.25, -0.2) is 0 Å². The topological polar surface area (TPSA) is 89.8 Å². The van der Waals surface area contributed by atoms with Crippen molar-refractivity contribution in [2.45, 2.75) is 379 Å². The van der Waals surface area contributed by atoms with Gasteiger partial charge < -0.3 is 20.6 Å². The Morgan fingerprint density at radius 1 is 0.353 bits per heavy atom. The molecule has 0 aromatic carbocycles. The summed E-state index contributed by atoms with van der Waals surface area (Å²) in [6, 6.07) is -0.656. The number of unbranched alkanes of at least 4 members (excludes halogenated alkanes) is 48. The number of hydrogen-bond donors (Lipinski definition) is 4. The molecule has 0 rings (SSSR count). The number of hydrogen-bond acceptors (Lipinski definition) is 4. The first-order valence-corrected chi connectivity index (χ1v) is 31.5. The van der Waals surface area contributed by atoms with Gasteiger partial charge in [0.05, 0.1) is 31.3 Å². The van der Waals surface area contributed by atoms with E-state index >= 15 is 0 Å². The van der Waals surface area contributed by atoms with E-state index in [-0.39, 0.29) is 18.9 Å². The van der Waals surface area contributed by atoms with E-state index < -0.39 is 18.2 Å². The highest BCUT2D eigenvalue weighted by atomic mass is 16.3. The van der Waals surface area contributed by atoms with Gasteiger partial charge in [-0.1, -0.05) is 328 Å². The zero-order valence-electron chi connectivity index (χ0n) is 46.5. The molecule has 4 N–H and O–H groups in total. The van der Waals surface area contributed by atoms with Gasteiger partial charge in [-0.05, 0) is 38.5 Å². The lowest BCUT2D eigenvalue weighted by molar-refractivity contribution is -0.125. The Bertz CT molecular complexity index is 971. The summed E-state index contributed by atoms with van der Waals surface area (Å²) in [6.45, 7) is 4.31. The summed E-state index contributed by atoms with van der Waals surface area (Å²) in [5.74, 6) is -0.275. The second-order valence-corrected chi connectivity index (χ2v) is 22.0. The highest BCUT2D eigenvalue weighted by molar-refractivity contribution is 5.76. The Kier molecular flexibility index (Phi) is 57.9. The fourth-order valence-corrected chi connectivity index (χ4v) is 10.3. The number of amides is 1. The molecule has 3 atom stereocenters. The van der Waals surface area contributed by atoms with E-state index in [9.17, 15) is 20.1 Å². The van der Waals surface area contributed by atoms with Crippen molar-refractivity contribution in [3.05, 3.63) is 12.2 Å². The molecular weight excluding hydrogens is 835 g/mol. The van der Waals surface area contributed by atoms with Crippen LogP contribution in [0.25, 0.3) is 0 Å². The SMILES string of the molecule is CCCCCCCCCCCCCCCC/C=C\CCCCCCCCCCCCCCCCCC(O)CC(=O)NC(CO)C(O)CCCCCCCCCCCCCCCCCCCCCC. The van der Waals surface area contributed by atoms with Crippen LogP contribution in [-0.2, 0) is 4.79 Å². The van der Waals surface area contributed by atoms with E-state index in [1.807, 2.05) is 0 Å². The zero-order valence-corrected chi connectivity index (χ0v) is 46.5. The Balaban J connectivity index is 3.46. The minimum Gasteiger partial charge on any atom is -0.394 e. The normalized spacial score (nSPS) is 13.2. The van der Waals surface area contributed by atoms with Crippen LogP contribution in [0.15, 0.2) is 12.2 Å². The van der Waals surface area contributed by atoms with Gasteiger partial charge in [0.15, 0.2) is 0 Å². The molecule has 0 heterocycles. The molecule has 406 valence electrons. The van der Waals surface area contributed by atoms with Gasteiger partial charge in [0.25, 0.3) is 0 Å². The molecule has 3 unspecified atom stereocenters. The number of rotatable bonds is 59. The number of carbonyl (C=O) groups is 1. The average Bonchev–Trinajstić information content (AvgIpc) is 3.33. The van der Waals surface area contributed by atoms with Crippen LogP contribution in [0.3, 0.4) is 0 Å². The monoisotopic (exact) mass is 960 g/mol. The van der Waals surface area contributed by atoms with Gasteiger partial charge in [-0.15, -0.1) is 0 Å². The first-order valence-electron chi connectivity index (χ1n) is 31.5. The van der Waals surface area contributed by atoms with Crippen molar-refractivity contribution in [2.75, 3.05) is 6.61 Å². The van der Waals surface area contributed by atoms with E-state index in [1.54, 1.807) is 0 Å². The van der Waals surface area contributed by atoms with E-state index in [0.29, 0.717) is 12.8 Å². The first kappa shape index (κ1) is 67.1. The van der Waals surface area contributed by atoms with Gasteiger partial charge in [-0.3, -0.25) is 4.79 Å². The van der Waals surface area contributed by atoms with Gasteiger partial charge in [0, 0.05) is 0 Å². The highest BCUT2D eigenvalue weighted by Gasteiger charge is 2.21. The second kappa shape index (κ2) is 58.7. The van der Waals surface area contributed by atoms with Crippen LogP contribution in [-0.4, -0.2) is 46.1 Å². The zero-order chi connectivity index (χ0) is 49.3. The van der Waals surface area contributed by atoms with Crippen molar-refractivity contribution in [3.63, 3.8) is 0 Å². The molecule has 0 spiro atoms. The van der Waals surface area contributed by atoms with Crippen molar-refractivity contribution >= 4 is 5.91 Å². The van der Waals surface area contributed by atoms with Crippen LogP contribution < -0.4 is 5.32 Å². The van der Waals surface area contributed by atoms with E-state index in [4.69, 9.17) is 0 Å². The standard InChI is InChI=1S/C63H125NO4/c1-3-5-7-9-11-13-15-17-19-21-23-25-26-27-28-29-30-31-32-33-34-35-36-37-38-40-42-44-46-48-50-52-54-56-60(66)58-63(68)64-61(59-65)62(67)57-55-53-51-49-47-45-43-41-39-24-22-20-18-16-14-12-10-8-6-4-2/h29-30,60-62,65-67H,3-28,31-59H2,1-2H3,(H,64,68)/b30-29-. The van der Waals surface area contributed by atoms with Gasteiger partial charge >= 0.3 is 0 Å². The number of aliphatic hydroxyl groups is 3. The molecule has 0 aromatic heterocycles. The maximum Gasteiger partial charge on any atom is 0.222 e. The van der Waals surface area contributed by atoms with Crippen LogP contribution in [0, 0.1) is 0 Å². The van der Waals surface area contributed by atoms with Crippen LogP contribution in [0.4, 0.5) is 0 Å². The predicted octanol–water partition coefficient (Wildman–Crippen LogP) is 19.8. The maximum absolute atomic E-state index is 12.6. The van der Waals surface area contributed by atoms with E-state index in [2.05, 4.69) is 31.3 Å². The number of allylic oxidation sites excluding steroid dienone is 2. The first-order chi connectivity index (χ1) is 33.5. The summed E-state index contributed by atoms with van der Waals surface area (Å²) < 4.78 is 0. The molecule has 0 aromatic rings. The summed E-state index contributed by atoms with van der Waals surface area (Å²) in [4.78, 5) is 12.6. The minimum atomic E-state index is -0.747. The molecule has 0 aliphatic rings. The third-order valence-electron chi connectivity index (χ3n) is 15.1. The predicted molar refractivity (Wildman–Crippen MR) is 301 cm³/mol. The van der Waals surface area contributed by atoms with Crippen molar-refractivity contribution < 1.29 is 20.1 Å². The van der Waals surface area contributed by atoms with E-state index in [0.717, 1.165) is 25.7 Å². The smallest absolute Gasteiger partial charge is 0.222 e. The molecule has 1 amide bonds. The van der Waals surface area contributed by atoms with Crippen molar-refractivity contribution in [2.24, 2.45) is 0 Å². The van der Waals surface area contributed by atoms with Gasteiger partial charge in [-0.2, -0.15) is 0 Å². The molecule has 0 saturated carbocycles. The molecular formula is C63H125NO4. The summed E-state index contributed by atoms with van der Waals surface area (Å²) in [5, 5.41) is 33.7. The molecule has 0 radical (unpaired) electrons. The number of aliphatic hydroxyl groups excluding tert-OH is 3. The molecule has 0 aliphatic heterocycles. The molecule has 0 fully saturated rings. The summed E-state index contributed by atoms with van der Waals surface area (Å²) in [7, 11) is 0. The number of nitrogens with one attached hydrogen (secondary N) is 1. The maximum atomic E-state index is 12.6. The van der Waals surface area contributed by atoms with Gasteiger partial charge in [0.1, 0.15) is 0 Å². The van der Waals surface area contributed by atoms with Crippen molar-refractivity contribution in [3.8, 4) is 0 Å². The number of carbonyl (C=O) groups excluding carboxylic acids is 1. The van der Waals surface area contributed by atoms with Crippen molar-refractivity contribution in [1.82, 2.24) is 5.32 Å². The Morgan fingerprint density at radius 2 is 0.588 bits per heavy atom. The fourth-order valence-electron chi connectivity index (χ4n) is 10.3. The lowest BCUT2D eigenvalue weighted by atomic mass is 10.0. The third kappa shape index (κ3) is 54.4. The van der Waals surface area contributed by atoms with Crippen LogP contribution >= 0.6 is 0 Å². The molecule has 68 heavy (non-hydrogen) atoms. The molecule has 0 aliphatic carbocycles. The summed E-state index contributed by atoms with van der Waals surface area (Å²) >= 11 is 0. The lowest BCUT2D eigenvalue weighted by Gasteiger charge is -2.23. The lowest BCUT2D eigenvalue weighted by Crippen LogP contribution is -2.46. The molecule has 5 heteroatoms. The largest absolute Gasteiger partial charge is 0.394 e. The Hall–Kier alpha value is -0.910. The Morgan fingerprint density at radius 3 is 0.853 bits per heavy atom. The minimum absolute atomic E-state index is 0.0414. The highest BCUT2D eigenvalue weighted by Crippen LogP contribution is 2.19. The fraction of sp³-hybridized carbons (Fsp3) is 0.952. The third-order valence-corrected chi connectivity index (χ3v) is 15.1. The summed E-state index contributed by atoms with van der Waals surface area (Å²) in [5.41, 5.74) is 0. The quantitative estimate of drug-likeness (QED) is 0.0361. The van der Waals surface area contributed by atoms with Gasteiger partial charge in [0.2, 0.25) is 5.91 Å². The van der Waals surface area contributed by atoms with Crippen LogP contribution in [0.2, 0.25) is 0 Å². The Labute approximate surface area is 427 Å². The summed E-state index contributed by atoms with van der Waals surface area (Å²) in [6.07, 6.45) is 74.0. The van der Waals surface area contributed by atoms with Crippen LogP contribution in [0.5, 0.6) is 0 Å². The van der Waals surface area contributed by atoms with Crippen LogP contribution in [0.1, 0.15) is 361 Å². The second-order valence-electron chi connectivity index (χ2n) is 22.0.